The average molecular weight is 264 g/mol. The number of carbonyl (C=O) groups excluding carboxylic acids is 1. The van der Waals surface area contributed by atoms with Crippen LogP contribution in [0.5, 0.6) is 0 Å². The summed E-state index contributed by atoms with van der Waals surface area (Å²) < 4.78 is 0. The van der Waals surface area contributed by atoms with Gasteiger partial charge in [0.2, 0.25) is 5.91 Å². The average Bonchev–Trinajstić information content (AvgIpc) is 2.36. The third kappa shape index (κ3) is 6.01. The molecular weight excluding hydrogens is 244 g/mol. The molecule has 4 N–H and O–H groups in total. The first-order chi connectivity index (χ1) is 8.99. The fourth-order valence-corrected chi connectivity index (χ4v) is 1.68. The van der Waals surface area contributed by atoms with E-state index in [-0.39, 0.29) is 24.8 Å². The third-order valence-electron chi connectivity index (χ3n) is 2.74. The number of hydrogen-bond acceptors (Lipinski definition) is 3. The lowest BCUT2D eigenvalue weighted by Crippen LogP contribution is -2.42. The smallest absolute Gasteiger partial charge is 0.326 e. The molecule has 0 fully saturated rings. The maximum atomic E-state index is 11.6. The number of carboxylic acid groups (broad SMARTS) is 1. The van der Waals surface area contributed by atoms with Crippen LogP contribution >= 0.6 is 0 Å². The van der Waals surface area contributed by atoms with Gasteiger partial charge in [0.1, 0.15) is 6.04 Å². The minimum Gasteiger partial charge on any atom is -0.480 e. The van der Waals surface area contributed by atoms with Gasteiger partial charge in [-0.1, -0.05) is 30.3 Å². The van der Waals surface area contributed by atoms with Gasteiger partial charge in [0.05, 0.1) is 0 Å². The van der Waals surface area contributed by atoms with Crippen molar-refractivity contribution in [2.24, 2.45) is 5.73 Å². The van der Waals surface area contributed by atoms with E-state index in [1.807, 2.05) is 37.3 Å². The fourth-order valence-electron chi connectivity index (χ4n) is 1.68. The van der Waals surface area contributed by atoms with Crippen molar-refractivity contribution in [1.82, 2.24) is 5.32 Å². The molecule has 0 heterocycles. The van der Waals surface area contributed by atoms with Crippen LogP contribution in [0.15, 0.2) is 30.3 Å². The topological polar surface area (TPSA) is 92.4 Å². The second kappa shape index (κ2) is 7.53. The van der Waals surface area contributed by atoms with Crippen molar-refractivity contribution in [2.75, 3.05) is 0 Å². The molecular formula is C14H20N2O3. The highest BCUT2D eigenvalue weighted by molar-refractivity contribution is 5.83. The lowest BCUT2D eigenvalue weighted by atomic mass is 10.1. The molecule has 104 valence electrons. The standard InChI is InChI=1S/C14H20N2O3/c1-10(15)7-8-13(17)16-12(14(18)19)9-11-5-3-2-4-6-11/h2-6,10,12H,7-9,15H2,1H3,(H,16,17)(H,18,19)/t10?,12-/m0/s1. The molecule has 19 heavy (non-hydrogen) atoms. The van der Waals surface area contributed by atoms with Crippen LogP contribution in [-0.2, 0) is 16.0 Å². The van der Waals surface area contributed by atoms with Gasteiger partial charge in [-0.15, -0.1) is 0 Å². The quantitative estimate of drug-likeness (QED) is 0.683. The van der Waals surface area contributed by atoms with Gasteiger partial charge in [-0.25, -0.2) is 4.79 Å². The highest BCUT2D eigenvalue weighted by Gasteiger charge is 2.20. The predicted octanol–water partition coefficient (Wildman–Crippen LogP) is 0.926. The number of aliphatic carboxylic acids is 1. The van der Waals surface area contributed by atoms with Gasteiger partial charge in [0.15, 0.2) is 0 Å². The highest BCUT2D eigenvalue weighted by atomic mass is 16.4. The Labute approximate surface area is 112 Å². The summed E-state index contributed by atoms with van der Waals surface area (Å²) >= 11 is 0. The molecule has 0 saturated heterocycles. The number of hydrogen-bond donors (Lipinski definition) is 3. The molecule has 2 atom stereocenters. The molecule has 0 aliphatic rings. The van der Waals surface area contributed by atoms with Crippen LogP contribution in [0, 0.1) is 0 Å². The van der Waals surface area contributed by atoms with Gasteiger partial charge in [-0.05, 0) is 18.9 Å². The molecule has 1 unspecified atom stereocenters. The molecule has 1 rings (SSSR count). The van der Waals surface area contributed by atoms with E-state index in [2.05, 4.69) is 5.32 Å². The van der Waals surface area contributed by atoms with E-state index in [0.717, 1.165) is 5.56 Å². The normalized spacial score (nSPS) is 13.6. The van der Waals surface area contributed by atoms with Crippen molar-refractivity contribution in [1.29, 1.82) is 0 Å². The Balaban J connectivity index is 2.54. The Hall–Kier alpha value is -1.88. The van der Waals surface area contributed by atoms with Crippen LogP contribution in [0.3, 0.4) is 0 Å². The number of nitrogens with two attached hydrogens (primary N) is 1. The molecule has 0 aliphatic carbocycles. The lowest BCUT2D eigenvalue weighted by Gasteiger charge is -2.15. The van der Waals surface area contributed by atoms with E-state index in [4.69, 9.17) is 10.8 Å². The summed E-state index contributed by atoms with van der Waals surface area (Å²) in [6.07, 6.45) is 1.07. The summed E-state index contributed by atoms with van der Waals surface area (Å²) in [6.45, 7) is 1.81. The Morgan fingerprint density at radius 3 is 2.47 bits per heavy atom. The molecule has 0 aromatic heterocycles. The van der Waals surface area contributed by atoms with Gasteiger partial charge in [-0.3, -0.25) is 4.79 Å². The van der Waals surface area contributed by atoms with Gasteiger partial charge < -0.3 is 16.2 Å². The van der Waals surface area contributed by atoms with E-state index in [1.165, 1.54) is 0 Å². The Kier molecular flexibility index (Phi) is 6.02. The number of nitrogens with one attached hydrogen (secondary N) is 1. The number of carbonyl (C=O) groups is 2. The Bertz CT molecular complexity index is 418. The largest absolute Gasteiger partial charge is 0.480 e. The van der Waals surface area contributed by atoms with Gasteiger partial charge in [0, 0.05) is 18.9 Å². The maximum Gasteiger partial charge on any atom is 0.326 e. The lowest BCUT2D eigenvalue weighted by molar-refractivity contribution is -0.141. The zero-order chi connectivity index (χ0) is 14.3. The zero-order valence-electron chi connectivity index (χ0n) is 11.0. The van der Waals surface area contributed by atoms with Gasteiger partial charge in [0.25, 0.3) is 0 Å². The summed E-state index contributed by atoms with van der Waals surface area (Å²) in [5, 5.41) is 11.6. The number of rotatable bonds is 7. The second-order valence-electron chi connectivity index (χ2n) is 4.66. The van der Waals surface area contributed by atoms with Crippen molar-refractivity contribution in [3.05, 3.63) is 35.9 Å². The van der Waals surface area contributed by atoms with Crippen molar-refractivity contribution in [3.8, 4) is 0 Å². The Morgan fingerprint density at radius 1 is 1.32 bits per heavy atom. The first-order valence-electron chi connectivity index (χ1n) is 6.30. The summed E-state index contributed by atoms with van der Waals surface area (Å²) in [6, 6.07) is 8.25. The summed E-state index contributed by atoms with van der Waals surface area (Å²) in [4.78, 5) is 22.8. The van der Waals surface area contributed by atoms with Gasteiger partial charge >= 0.3 is 5.97 Å². The molecule has 0 radical (unpaired) electrons. The number of carboxylic acids is 1. The molecule has 5 heteroatoms. The van der Waals surface area contributed by atoms with Gasteiger partial charge in [-0.2, -0.15) is 0 Å². The minimum absolute atomic E-state index is 0.0665. The third-order valence-corrected chi connectivity index (χ3v) is 2.74. The first kappa shape index (κ1) is 15.2. The minimum atomic E-state index is -1.03. The molecule has 1 aromatic rings. The molecule has 0 bridgehead atoms. The predicted molar refractivity (Wildman–Crippen MR) is 72.6 cm³/mol. The first-order valence-corrected chi connectivity index (χ1v) is 6.30. The molecule has 5 nitrogen and oxygen atoms in total. The SMILES string of the molecule is CC(N)CCC(=O)N[C@@H](Cc1ccccc1)C(=O)O. The van der Waals surface area contributed by atoms with Crippen molar-refractivity contribution < 1.29 is 14.7 Å². The van der Waals surface area contributed by atoms with E-state index in [0.29, 0.717) is 6.42 Å². The van der Waals surface area contributed by atoms with E-state index in [1.54, 1.807) is 0 Å². The molecule has 0 aliphatic heterocycles. The maximum absolute atomic E-state index is 11.6. The molecule has 1 amide bonds. The van der Waals surface area contributed by atoms with E-state index >= 15 is 0 Å². The van der Waals surface area contributed by atoms with Crippen molar-refractivity contribution >= 4 is 11.9 Å². The van der Waals surface area contributed by atoms with Crippen LogP contribution in [0.1, 0.15) is 25.3 Å². The van der Waals surface area contributed by atoms with Crippen LogP contribution < -0.4 is 11.1 Å². The van der Waals surface area contributed by atoms with Crippen molar-refractivity contribution in [2.45, 2.75) is 38.3 Å². The number of amides is 1. The fraction of sp³-hybridized carbons (Fsp3) is 0.429. The van der Waals surface area contributed by atoms with Crippen LogP contribution in [0.2, 0.25) is 0 Å². The van der Waals surface area contributed by atoms with Crippen molar-refractivity contribution in [3.63, 3.8) is 0 Å². The highest BCUT2D eigenvalue weighted by Crippen LogP contribution is 2.04. The molecule has 0 spiro atoms. The monoisotopic (exact) mass is 264 g/mol. The number of benzene rings is 1. The second-order valence-corrected chi connectivity index (χ2v) is 4.66. The van der Waals surface area contributed by atoms with E-state index in [9.17, 15) is 9.59 Å². The molecule has 0 saturated carbocycles. The van der Waals surface area contributed by atoms with E-state index < -0.39 is 12.0 Å². The van der Waals surface area contributed by atoms with Crippen LogP contribution in [0.4, 0.5) is 0 Å². The summed E-state index contributed by atoms with van der Waals surface area (Å²) in [5.74, 6) is -1.31. The van der Waals surface area contributed by atoms with Crippen LogP contribution in [-0.4, -0.2) is 29.1 Å². The summed E-state index contributed by atoms with van der Waals surface area (Å²) in [5.41, 5.74) is 6.44. The zero-order valence-corrected chi connectivity index (χ0v) is 11.0. The molecule has 1 aromatic carbocycles. The van der Waals surface area contributed by atoms with Crippen LogP contribution in [0.25, 0.3) is 0 Å². The summed E-state index contributed by atoms with van der Waals surface area (Å²) in [7, 11) is 0. The Morgan fingerprint density at radius 2 is 1.95 bits per heavy atom.